The van der Waals surface area contributed by atoms with Crippen LogP contribution in [0.15, 0.2) is 29.2 Å². The topological polar surface area (TPSA) is 58.6 Å². The minimum Gasteiger partial charge on any atom is -0.391 e. The number of carbonyl (C=O) groups excluding carboxylic acids is 1. The summed E-state index contributed by atoms with van der Waals surface area (Å²) in [6.07, 6.45) is -0.0651. The normalized spacial score (nSPS) is 12.2. The molecular formula is C12H17NO3S. The quantitative estimate of drug-likeness (QED) is 0.667. The number of hydrogen-bond donors (Lipinski definition) is 3. The first kappa shape index (κ1) is 14.0. The molecule has 0 aromatic heterocycles. The van der Waals surface area contributed by atoms with Gasteiger partial charge < -0.3 is 15.2 Å². The van der Waals surface area contributed by atoms with Crippen molar-refractivity contribution in [2.75, 3.05) is 20.3 Å². The van der Waals surface area contributed by atoms with Gasteiger partial charge in [-0.05, 0) is 30.7 Å². The second kappa shape index (κ2) is 7.32. The predicted octanol–water partition coefficient (Wildman–Crippen LogP) is 1.10. The largest absolute Gasteiger partial charge is 0.391 e. The van der Waals surface area contributed by atoms with E-state index in [2.05, 4.69) is 17.9 Å². The Morgan fingerprint density at radius 3 is 2.71 bits per heavy atom. The molecule has 0 aliphatic heterocycles. The van der Waals surface area contributed by atoms with Gasteiger partial charge in [-0.25, -0.2) is 0 Å². The van der Waals surface area contributed by atoms with E-state index in [4.69, 9.17) is 4.74 Å². The summed E-state index contributed by atoms with van der Waals surface area (Å²) in [5.41, 5.74) is 0.587. The third kappa shape index (κ3) is 5.21. The monoisotopic (exact) mass is 255 g/mol. The Bertz CT molecular complexity index is 353. The zero-order chi connectivity index (χ0) is 12.7. The van der Waals surface area contributed by atoms with E-state index in [1.807, 2.05) is 0 Å². The van der Waals surface area contributed by atoms with Crippen LogP contribution in [0.4, 0.5) is 0 Å². The van der Waals surface area contributed by atoms with E-state index in [0.717, 1.165) is 4.90 Å². The van der Waals surface area contributed by atoms with Crippen molar-refractivity contribution in [1.29, 1.82) is 0 Å². The first-order chi connectivity index (χ1) is 8.13. The molecule has 1 amide bonds. The van der Waals surface area contributed by atoms with Crippen LogP contribution in [-0.4, -0.2) is 37.4 Å². The smallest absolute Gasteiger partial charge is 0.251 e. The molecule has 1 unspecified atom stereocenters. The fourth-order valence-corrected chi connectivity index (χ4v) is 1.49. The van der Waals surface area contributed by atoms with Crippen molar-refractivity contribution in [2.45, 2.75) is 17.4 Å². The predicted molar refractivity (Wildman–Crippen MR) is 68.5 cm³/mol. The van der Waals surface area contributed by atoms with Gasteiger partial charge in [-0.2, -0.15) is 0 Å². The lowest BCUT2D eigenvalue weighted by Crippen LogP contribution is -2.28. The Balaban J connectivity index is 2.32. The van der Waals surface area contributed by atoms with Gasteiger partial charge >= 0.3 is 0 Å². The highest BCUT2D eigenvalue weighted by Crippen LogP contribution is 2.07. The number of aliphatic hydroxyl groups excluding tert-OH is 1. The first-order valence-corrected chi connectivity index (χ1v) is 5.82. The Hall–Kier alpha value is -1.04. The number of ether oxygens (including phenoxy) is 1. The molecule has 0 saturated carbocycles. The van der Waals surface area contributed by atoms with Crippen molar-refractivity contribution < 1.29 is 14.6 Å². The SMILES string of the molecule is COCC(O)CCNC(=O)c1ccc(S)cc1. The summed E-state index contributed by atoms with van der Waals surface area (Å²) in [6, 6.07) is 6.95. The molecule has 4 nitrogen and oxygen atoms in total. The van der Waals surface area contributed by atoms with Crippen LogP contribution in [0.2, 0.25) is 0 Å². The summed E-state index contributed by atoms with van der Waals surface area (Å²) in [6.45, 7) is 0.705. The van der Waals surface area contributed by atoms with Crippen molar-refractivity contribution >= 4 is 18.5 Å². The van der Waals surface area contributed by atoms with Crippen LogP contribution in [0.5, 0.6) is 0 Å². The molecule has 1 aromatic carbocycles. The van der Waals surface area contributed by atoms with Gasteiger partial charge in [0.15, 0.2) is 0 Å². The molecule has 0 aliphatic rings. The average molecular weight is 255 g/mol. The minimum atomic E-state index is -0.542. The molecule has 0 aliphatic carbocycles. The second-order valence-corrected chi connectivity index (χ2v) is 4.22. The van der Waals surface area contributed by atoms with Crippen molar-refractivity contribution in [3.8, 4) is 0 Å². The van der Waals surface area contributed by atoms with Crippen molar-refractivity contribution in [2.24, 2.45) is 0 Å². The summed E-state index contributed by atoms with van der Waals surface area (Å²) in [5.74, 6) is -0.150. The van der Waals surface area contributed by atoms with Crippen LogP contribution in [0.1, 0.15) is 16.8 Å². The Labute approximate surface area is 106 Å². The third-order valence-corrected chi connectivity index (χ3v) is 2.55. The Morgan fingerprint density at radius 2 is 2.12 bits per heavy atom. The minimum absolute atomic E-state index is 0.150. The molecule has 1 rings (SSSR count). The molecule has 0 heterocycles. The van der Waals surface area contributed by atoms with E-state index in [1.54, 1.807) is 24.3 Å². The van der Waals surface area contributed by atoms with E-state index in [1.165, 1.54) is 7.11 Å². The number of hydrogen-bond acceptors (Lipinski definition) is 4. The first-order valence-electron chi connectivity index (χ1n) is 5.37. The zero-order valence-corrected chi connectivity index (χ0v) is 10.6. The van der Waals surface area contributed by atoms with E-state index in [9.17, 15) is 9.90 Å². The lowest BCUT2D eigenvalue weighted by atomic mass is 10.2. The number of thiol groups is 1. The average Bonchev–Trinajstić information content (AvgIpc) is 2.30. The van der Waals surface area contributed by atoms with E-state index >= 15 is 0 Å². The maximum atomic E-state index is 11.6. The zero-order valence-electron chi connectivity index (χ0n) is 9.72. The van der Waals surface area contributed by atoms with Gasteiger partial charge in [0.1, 0.15) is 0 Å². The summed E-state index contributed by atoms with van der Waals surface area (Å²) in [4.78, 5) is 12.5. The molecule has 0 saturated heterocycles. The summed E-state index contributed by atoms with van der Waals surface area (Å²) >= 11 is 4.14. The number of methoxy groups -OCH3 is 1. The molecular weight excluding hydrogens is 238 g/mol. The fourth-order valence-electron chi connectivity index (χ4n) is 1.34. The number of carbonyl (C=O) groups is 1. The molecule has 0 spiro atoms. The Morgan fingerprint density at radius 1 is 1.47 bits per heavy atom. The van der Waals surface area contributed by atoms with Gasteiger partial charge in [0.2, 0.25) is 0 Å². The van der Waals surface area contributed by atoms with Gasteiger partial charge in [-0.15, -0.1) is 12.6 Å². The van der Waals surface area contributed by atoms with Gasteiger partial charge in [0.25, 0.3) is 5.91 Å². The van der Waals surface area contributed by atoms with Gasteiger partial charge in [-0.1, -0.05) is 0 Å². The highest BCUT2D eigenvalue weighted by Gasteiger charge is 2.06. The summed E-state index contributed by atoms with van der Waals surface area (Å²) in [5, 5.41) is 12.1. The fraction of sp³-hybridized carbons (Fsp3) is 0.417. The van der Waals surface area contributed by atoms with Gasteiger partial charge in [0.05, 0.1) is 12.7 Å². The molecule has 5 heteroatoms. The van der Waals surface area contributed by atoms with Crippen molar-refractivity contribution in [3.63, 3.8) is 0 Å². The Kier molecular flexibility index (Phi) is 6.04. The number of rotatable bonds is 6. The van der Waals surface area contributed by atoms with Crippen LogP contribution in [0.3, 0.4) is 0 Å². The molecule has 1 atom stereocenters. The van der Waals surface area contributed by atoms with E-state index < -0.39 is 6.10 Å². The maximum Gasteiger partial charge on any atom is 0.251 e. The number of aliphatic hydroxyl groups is 1. The molecule has 0 bridgehead atoms. The lowest BCUT2D eigenvalue weighted by molar-refractivity contribution is 0.0587. The summed E-state index contributed by atoms with van der Waals surface area (Å²) in [7, 11) is 1.53. The van der Waals surface area contributed by atoms with Gasteiger partial charge in [-0.3, -0.25) is 4.79 Å². The summed E-state index contributed by atoms with van der Waals surface area (Å²) < 4.78 is 4.79. The van der Waals surface area contributed by atoms with Crippen LogP contribution < -0.4 is 5.32 Å². The van der Waals surface area contributed by atoms with Crippen LogP contribution >= 0.6 is 12.6 Å². The van der Waals surface area contributed by atoms with Crippen molar-refractivity contribution in [3.05, 3.63) is 29.8 Å². The molecule has 17 heavy (non-hydrogen) atoms. The molecule has 94 valence electrons. The highest BCUT2D eigenvalue weighted by atomic mass is 32.1. The van der Waals surface area contributed by atoms with Crippen molar-refractivity contribution in [1.82, 2.24) is 5.32 Å². The van der Waals surface area contributed by atoms with Crippen LogP contribution in [0.25, 0.3) is 0 Å². The molecule has 0 fully saturated rings. The van der Waals surface area contributed by atoms with E-state index in [0.29, 0.717) is 18.5 Å². The molecule has 1 aromatic rings. The van der Waals surface area contributed by atoms with E-state index in [-0.39, 0.29) is 12.5 Å². The maximum absolute atomic E-state index is 11.6. The number of benzene rings is 1. The highest BCUT2D eigenvalue weighted by molar-refractivity contribution is 7.80. The molecule has 2 N–H and O–H groups in total. The van der Waals surface area contributed by atoms with Crippen LogP contribution in [0, 0.1) is 0 Å². The molecule has 0 radical (unpaired) electrons. The standard InChI is InChI=1S/C12H17NO3S/c1-16-8-10(14)6-7-13-12(15)9-2-4-11(17)5-3-9/h2-5,10,14,17H,6-8H2,1H3,(H,13,15). The number of nitrogens with one attached hydrogen (secondary N) is 1. The van der Waals surface area contributed by atoms with Gasteiger partial charge in [0, 0.05) is 24.1 Å². The van der Waals surface area contributed by atoms with Crippen LogP contribution in [-0.2, 0) is 4.74 Å². The third-order valence-electron chi connectivity index (χ3n) is 2.25. The second-order valence-electron chi connectivity index (χ2n) is 3.70. The lowest BCUT2D eigenvalue weighted by Gasteiger charge is -2.10. The number of amides is 1.